The molecule has 200 valence electrons. The number of sulfone groups is 1. The molecule has 0 unspecified atom stereocenters. The molecule has 11 nitrogen and oxygen atoms in total. The summed E-state index contributed by atoms with van der Waals surface area (Å²) >= 11 is 5.88. The minimum atomic E-state index is -3.83. The number of hydrogen-bond donors (Lipinski definition) is 1. The fraction of sp³-hybridized carbons (Fsp3) is 0.400. The summed E-state index contributed by atoms with van der Waals surface area (Å²) in [5.74, 6) is -1.02. The van der Waals surface area contributed by atoms with Crippen molar-refractivity contribution < 1.29 is 22.5 Å². The molecule has 0 bridgehead atoms. The summed E-state index contributed by atoms with van der Waals surface area (Å²) in [5.41, 5.74) is 0.277. The van der Waals surface area contributed by atoms with Crippen LogP contribution in [0.4, 0.5) is 0 Å². The largest absolute Gasteiger partial charge is 0.348 e. The predicted octanol–water partition coefficient (Wildman–Crippen LogP) is 2.15. The molecule has 1 N–H and O–H groups in total. The van der Waals surface area contributed by atoms with Gasteiger partial charge in [-0.25, -0.2) is 8.42 Å². The number of nitrogens with zero attached hydrogens (tertiary/aromatic N) is 4. The first-order valence-electron chi connectivity index (χ1n) is 12.0. The lowest BCUT2D eigenvalue weighted by Crippen LogP contribution is -2.52. The zero-order valence-corrected chi connectivity index (χ0v) is 22.4. The van der Waals surface area contributed by atoms with Gasteiger partial charge < -0.3 is 19.3 Å². The van der Waals surface area contributed by atoms with Gasteiger partial charge in [-0.3, -0.25) is 14.4 Å². The number of fused-ring (bicyclic) bond motifs is 1. The van der Waals surface area contributed by atoms with Crippen LogP contribution in [0.15, 0.2) is 52.0 Å². The molecule has 2 aliphatic rings. The molecule has 1 saturated carbocycles. The number of aromatic nitrogens is 3. The summed E-state index contributed by atoms with van der Waals surface area (Å²) in [6.07, 6.45) is 1.95. The highest BCUT2D eigenvalue weighted by molar-refractivity contribution is 7.94. The molecule has 0 saturated heterocycles. The molecule has 5 rings (SSSR count). The maximum absolute atomic E-state index is 13.6. The molecule has 1 aliphatic carbocycles. The second kappa shape index (κ2) is 9.35. The van der Waals surface area contributed by atoms with Crippen molar-refractivity contribution in [3.05, 3.63) is 80.8 Å². The van der Waals surface area contributed by atoms with E-state index in [0.29, 0.717) is 17.9 Å². The molecule has 13 heteroatoms. The van der Waals surface area contributed by atoms with Crippen molar-refractivity contribution in [1.29, 1.82) is 0 Å². The van der Waals surface area contributed by atoms with Crippen LogP contribution < -0.4 is 10.9 Å². The van der Waals surface area contributed by atoms with Crippen LogP contribution in [0.25, 0.3) is 0 Å². The number of benzene rings is 1. The number of amides is 2. The highest BCUT2D eigenvalue weighted by Gasteiger charge is 2.62. The van der Waals surface area contributed by atoms with Gasteiger partial charge in [0.25, 0.3) is 17.4 Å². The number of nitrogens with one attached hydrogen (secondary N) is 1. The number of hydrogen-bond acceptors (Lipinski definition) is 8. The molecule has 3 aromatic rings. The van der Waals surface area contributed by atoms with Crippen molar-refractivity contribution in [1.82, 2.24) is 24.9 Å². The quantitative estimate of drug-likeness (QED) is 0.442. The lowest BCUT2D eigenvalue weighted by molar-refractivity contribution is 0.0694. The third-order valence-electron chi connectivity index (χ3n) is 7.29. The number of pyridine rings is 1. The maximum Gasteiger partial charge on any atom is 0.270 e. The molecular weight excluding hydrogens is 534 g/mol. The Hall–Kier alpha value is -3.51. The van der Waals surface area contributed by atoms with E-state index in [9.17, 15) is 22.8 Å². The Morgan fingerprint density at radius 1 is 1.13 bits per heavy atom. The van der Waals surface area contributed by atoms with Crippen LogP contribution in [-0.4, -0.2) is 57.7 Å². The fourth-order valence-corrected chi connectivity index (χ4v) is 7.26. The van der Waals surface area contributed by atoms with Gasteiger partial charge in [-0.05, 0) is 56.5 Å². The third kappa shape index (κ3) is 4.31. The summed E-state index contributed by atoms with van der Waals surface area (Å²) < 4.78 is 31.1. The zero-order chi connectivity index (χ0) is 27.3. The van der Waals surface area contributed by atoms with E-state index in [4.69, 9.17) is 16.1 Å². The van der Waals surface area contributed by atoms with E-state index >= 15 is 0 Å². The minimum absolute atomic E-state index is 0.00693. The average Bonchev–Trinajstić information content (AvgIpc) is 3.46. The van der Waals surface area contributed by atoms with Crippen LogP contribution in [0.5, 0.6) is 0 Å². The van der Waals surface area contributed by atoms with E-state index < -0.39 is 36.7 Å². The SMILES string of the molecule is CC(C)(c1ncno1)S(=O)(=O)C1(CN2CCn3c(ccc(C(=O)NCc4ccc(Cl)cc4)c3=O)C2=O)CC1. The Labute approximate surface area is 223 Å². The number of carbonyl (C=O) groups excluding carboxylic acids is 2. The number of halogens is 1. The lowest BCUT2D eigenvalue weighted by Gasteiger charge is -2.35. The molecule has 0 spiro atoms. The first-order valence-corrected chi connectivity index (χ1v) is 13.9. The van der Waals surface area contributed by atoms with E-state index in [-0.39, 0.29) is 43.3 Å². The van der Waals surface area contributed by atoms with Crippen LogP contribution in [0.2, 0.25) is 5.02 Å². The van der Waals surface area contributed by atoms with Gasteiger partial charge >= 0.3 is 0 Å². The van der Waals surface area contributed by atoms with E-state index in [1.807, 2.05) is 0 Å². The Balaban J connectivity index is 1.32. The second-order valence-electron chi connectivity index (χ2n) is 10.1. The van der Waals surface area contributed by atoms with Crippen LogP contribution in [-0.2, 0) is 27.7 Å². The number of rotatable bonds is 8. The summed E-state index contributed by atoms with van der Waals surface area (Å²) in [7, 11) is -3.83. The van der Waals surface area contributed by atoms with E-state index in [1.165, 1.54) is 35.4 Å². The normalized spacial score (nSPS) is 16.7. The highest BCUT2D eigenvalue weighted by atomic mass is 35.5. The molecular formula is C25H26ClN5O6S. The van der Waals surface area contributed by atoms with Gasteiger partial charge in [-0.1, -0.05) is 28.9 Å². The summed E-state index contributed by atoms with van der Waals surface area (Å²) in [6, 6.07) is 9.71. The van der Waals surface area contributed by atoms with Crippen LogP contribution >= 0.6 is 11.6 Å². The maximum atomic E-state index is 13.6. The summed E-state index contributed by atoms with van der Waals surface area (Å²) in [5, 5.41) is 6.82. The van der Waals surface area contributed by atoms with Crippen molar-refractivity contribution in [2.45, 2.75) is 49.3 Å². The first-order chi connectivity index (χ1) is 18.0. The Kier molecular flexibility index (Phi) is 6.42. The monoisotopic (exact) mass is 559 g/mol. The lowest BCUT2D eigenvalue weighted by atomic mass is 10.1. The van der Waals surface area contributed by atoms with Gasteiger partial charge in [0.15, 0.2) is 16.2 Å². The van der Waals surface area contributed by atoms with Crippen LogP contribution in [0.3, 0.4) is 0 Å². The van der Waals surface area contributed by atoms with Crippen LogP contribution in [0.1, 0.15) is 59.0 Å². The summed E-state index contributed by atoms with van der Waals surface area (Å²) in [6.45, 7) is 3.51. The van der Waals surface area contributed by atoms with Gasteiger partial charge in [0.05, 0.1) is 4.75 Å². The Bertz CT molecular complexity index is 1560. The minimum Gasteiger partial charge on any atom is -0.348 e. The van der Waals surface area contributed by atoms with E-state index in [1.54, 1.807) is 24.3 Å². The van der Waals surface area contributed by atoms with Crippen molar-refractivity contribution in [2.75, 3.05) is 13.1 Å². The molecule has 1 aromatic carbocycles. The zero-order valence-electron chi connectivity index (χ0n) is 20.8. The first kappa shape index (κ1) is 26.1. The number of carbonyl (C=O) groups is 2. The van der Waals surface area contributed by atoms with Gasteiger partial charge in [-0.15, -0.1) is 0 Å². The van der Waals surface area contributed by atoms with Gasteiger partial charge in [0.2, 0.25) is 5.89 Å². The van der Waals surface area contributed by atoms with Crippen molar-refractivity contribution in [3.8, 4) is 0 Å². The Morgan fingerprint density at radius 3 is 2.47 bits per heavy atom. The summed E-state index contributed by atoms with van der Waals surface area (Å²) in [4.78, 5) is 44.5. The molecule has 2 amide bonds. The molecule has 1 aliphatic heterocycles. The predicted molar refractivity (Wildman–Crippen MR) is 137 cm³/mol. The second-order valence-corrected chi connectivity index (χ2v) is 13.4. The molecule has 0 radical (unpaired) electrons. The Morgan fingerprint density at radius 2 is 1.84 bits per heavy atom. The molecule has 38 heavy (non-hydrogen) atoms. The van der Waals surface area contributed by atoms with Crippen LogP contribution in [0, 0.1) is 0 Å². The van der Waals surface area contributed by atoms with Gasteiger partial charge in [0, 0.05) is 31.2 Å². The van der Waals surface area contributed by atoms with Crippen molar-refractivity contribution >= 4 is 33.3 Å². The van der Waals surface area contributed by atoms with E-state index in [2.05, 4.69) is 15.5 Å². The average molecular weight is 560 g/mol. The topological polar surface area (TPSA) is 144 Å². The highest BCUT2D eigenvalue weighted by Crippen LogP contribution is 2.51. The molecule has 1 fully saturated rings. The van der Waals surface area contributed by atoms with Crippen molar-refractivity contribution in [2.24, 2.45) is 0 Å². The van der Waals surface area contributed by atoms with Crippen molar-refractivity contribution in [3.63, 3.8) is 0 Å². The van der Waals surface area contributed by atoms with Gasteiger partial charge in [0.1, 0.15) is 16.0 Å². The van der Waals surface area contributed by atoms with Gasteiger partial charge in [-0.2, -0.15) is 4.98 Å². The third-order valence-corrected chi connectivity index (χ3v) is 10.7. The molecule has 2 aromatic heterocycles. The fourth-order valence-electron chi connectivity index (χ4n) is 4.77. The molecule has 3 heterocycles. The standard InChI is InChI=1S/C25H26ClN5O6S/c1-24(2,23-28-15-29-37-23)38(35,36)25(9-10-25)14-30-11-12-31-19(22(30)34)8-7-18(21(31)33)20(32)27-13-16-3-5-17(26)6-4-16/h3-8,15H,9-14H2,1-2H3,(H,27,32). The smallest absolute Gasteiger partial charge is 0.270 e. The van der Waals surface area contributed by atoms with E-state index in [0.717, 1.165) is 11.9 Å². The molecule has 0 atom stereocenters.